The molecule has 1 aliphatic rings. The predicted octanol–water partition coefficient (Wildman–Crippen LogP) is 2.46. The van der Waals surface area contributed by atoms with Crippen LogP contribution in [0.15, 0.2) is 24.3 Å². The molecule has 5 heteroatoms. The van der Waals surface area contributed by atoms with Crippen molar-refractivity contribution in [2.45, 2.75) is 39.2 Å². The van der Waals surface area contributed by atoms with Crippen LogP contribution in [0.2, 0.25) is 0 Å². The molecule has 2 rings (SSSR count). The number of benzene rings is 1. The van der Waals surface area contributed by atoms with E-state index in [1.807, 2.05) is 4.90 Å². The standard InChI is InChI=1S/C18H26N2O3/c1-13(2)12-16(18(22)20-10-4-5-11-20)19-17(21)14-6-8-15(23-3)9-7-14/h6-9,13,16H,4-5,10-12H2,1-3H3,(H,19,21)/t16-/m0/s1. The predicted molar refractivity (Wildman–Crippen MR) is 89.5 cm³/mol. The molecule has 5 nitrogen and oxygen atoms in total. The SMILES string of the molecule is COc1ccc(C(=O)N[C@@H](CC(C)C)C(=O)N2CCCC2)cc1. The molecular weight excluding hydrogens is 292 g/mol. The van der Waals surface area contributed by atoms with E-state index in [0.29, 0.717) is 23.7 Å². The van der Waals surface area contributed by atoms with E-state index in [0.717, 1.165) is 25.9 Å². The number of methoxy groups -OCH3 is 1. The third-order valence-electron chi connectivity index (χ3n) is 4.08. The second-order valence-electron chi connectivity index (χ2n) is 6.42. The van der Waals surface area contributed by atoms with Crippen molar-refractivity contribution in [2.24, 2.45) is 5.92 Å². The number of amides is 2. The van der Waals surface area contributed by atoms with Crippen LogP contribution in [0.1, 0.15) is 43.5 Å². The molecular formula is C18H26N2O3. The van der Waals surface area contributed by atoms with Crippen LogP contribution in [0.5, 0.6) is 5.75 Å². The van der Waals surface area contributed by atoms with Gasteiger partial charge in [-0.15, -0.1) is 0 Å². The molecule has 1 aliphatic heterocycles. The minimum absolute atomic E-state index is 0.0399. The lowest BCUT2D eigenvalue weighted by Crippen LogP contribution is -2.48. The fourth-order valence-corrected chi connectivity index (χ4v) is 2.83. The molecule has 0 aromatic heterocycles. The van der Waals surface area contributed by atoms with Crippen LogP contribution in [0.25, 0.3) is 0 Å². The van der Waals surface area contributed by atoms with Crippen LogP contribution in [0.4, 0.5) is 0 Å². The Bertz CT molecular complexity index is 534. The lowest BCUT2D eigenvalue weighted by Gasteiger charge is -2.25. The molecule has 1 fully saturated rings. The second kappa shape index (κ2) is 7.99. The van der Waals surface area contributed by atoms with Gasteiger partial charge < -0.3 is 15.0 Å². The molecule has 1 heterocycles. The highest BCUT2D eigenvalue weighted by Crippen LogP contribution is 2.15. The number of nitrogens with zero attached hydrogens (tertiary/aromatic N) is 1. The van der Waals surface area contributed by atoms with Crippen molar-refractivity contribution in [2.75, 3.05) is 20.2 Å². The lowest BCUT2D eigenvalue weighted by molar-refractivity contribution is -0.132. The molecule has 2 amide bonds. The molecule has 0 radical (unpaired) electrons. The van der Waals surface area contributed by atoms with Crippen LogP contribution in [-0.2, 0) is 4.79 Å². The Kier molecular flexibility index (Phi) is 6.02. The summed E-state index contributed by atoms with van der Waals surface area (Å²) in [7, 11) is 1.59. The Balaban J connectivity index is 2.06. The summed E-state index contributed by atoms with van der Waals surface area (Å²) >= 11 is 0. The molecule has 0 unspecified atom stereocenters. The van der Waals surface area contributed by atoms with Gasteiger partial charge >= 0.3 is 0 Å². The van der Waals surface area contributed by atoms with Crippen LogP contribution in [0.3, 0.4) is 0 Å². The zero-order valence-corrected chi connectivity index (χ0v) is 14.2. The number of hydrogen-bond donors (Lipinski definition) is 1. The largest absolute Gasteiger partial charge is 0.497 e. The van der Waals surface area contributed by atoms with Gasteiger partial charge in [0.2, 0.25) is 5.91 Å². The zero-order chi connectivity index (χ0) is 16.8. The number of rotatable bonds is 6. The van der Waals surface area contributed by atoms with E-state index in [1.54, 1.807) is 31.4 Å². The van der Waals surface area contributed by atoms with Gasteiger partial charge in [0, 0.05) is 18.7 Å². The van der Waals surface area contributed by atoms with E-state index < -0.39 is 6.04 Å². The summed E-state index contributed by atoms with van der Waals surface area (Å²) in [4.78, 5) is 26.9. The second-order valence-corrected chi connectivity index (χ2v) is 6.42. The van der Waals surface area contributed by atoms with Crippen molar-refractivity contribution in [3.63, 3.8) is 0 Å². The quantitative estimate of drug-likeness (QED) is 0.876. The van der Waals surface area contributed by atoms with Crippen molar-refractivity contribution in [1.29, 1.82) is 0 Å². The molecule has 0 bridgehead atoms. The van der Waals surface area contributed by atoms with E-state index in [4.69, 9.17) is 4.74 Å². The highest BCUT2D eigenvalue weighted by molar-refractivity contribution is 5.97. The molecule has 1 atom stereocenters. The summed E-state index contributed by atoms with van der Waals surface area (Å²) in [5.74, 6) is 0.861. The number of carbonyl (C=O) groups excluding carboxylic acids is 2. The average Bonchev–Trinajstić information content (AvgIpc) is 3.07. The summed E-state index contributed by atoms with van der Waals surface area (Å²) < 4.78 is 5.10. The van der Waals surface area contributed by atoms with Gasteiger partial charge in [0.15, 0.2) is 0 Å². The molecule has 1 N–H and O–H groups in total. The first-order valence-corrected chi connectivity index (χ1v) is 8.25. The van der Waals surface area contributed by atoms with Gasteiger partial charge in [-0.05, 0) is 49.4 Å². The summed E-state index contributed by atoms with van der Waals surface area (Å²) in [5, 5.41) is 2.91. The van der Waals surface area contributed by atoms with E-state index in [1.165, 1.54) is 0 Å². The van der Waals surface area contributed by atoms with E-state index in [-0.39, 0.29) is 11.8 Å². The number of ether oxygens (including phenoxy) is 1. The molecule has 0 spiro atoms. The Hall–Kier alpha value is -2.04. The Morgan fingerprint density at radius 1 is 1.17 bits per heavy atom. The Labute approximate surface area is 138 Å². The molecule has 126 valence electrons. The van der Waals surface area contributed by atoms with Crippen LogP contribution in [-0.4, -0.2) is 43.0 Å². The van der Waals surface area contributed by atoms with Crippen molar-refractivity contribution < 1.29 is 14.3 Å². The third-order valence-corrected chi connectivity index (χ3v) is 4.08. The first-order valence-electron chi connectivity index (χ1n) is 8.25. The molecule has 1 aromatic carbocycles. The third kappa shape index (κ3) is 4.71. The molecule has 0 saturated carbocycles. The molecule has 0 aliphatic carbocycles. The fourth-order valence-electron chi connectivity index (χ4n) is 2.83. The number of likely N-dealkylation sites (tertiary alicyclic amines) is 1. The first kappa shape index (κ1) is 17.3. The van der Waals surface area contributed by atoms with Crippen LogP contribution < -0.4 is 10.1 Å². The maximum absolute atomic E-state index is 12.6. The fraction of sp³-hybridized carbons (Fsp3) is 0.556. The normalized spacial score (nSPS) is 15.6. The molecule has 1 aromatic rings. The monoisotopic (exact) mass is 318 g/mol. The van der Waals surface area contributed by atoms with Crippen molar-refractivity contribution in [3.05, 3.63) is 29.8 Å². The van der Waals surface area contributed by atoms with Gasteiger partial charge in [-0.25, -0.2) is 0 Å². The molecule has 23 heavy (non-hydrogen) atoms. The number of nitrogens with one attached hydrogen (secondary N) is 1. The van der Waals surface area contributed by atoms with Gasteiger partial charge in [0.05, 0.1) is 7.11 Å². The summed E-state index contributed by atoms with van der Waals surface area (Å²) in [6.07, 6.45) is 2.75. The Morgan fingerprint density at radius 3 is 2.30 bits per heavy atom. The summed E-state index contributed by atoms with van der Waals surface area (Å²) in [6, 6.07) is 6.45. The van der Waals surface area contributed by atoms with Gasteiger partial charge in [-0.2, -0.15) is 0 Å². The van der Waals surface area contributed by atoms with Gasteiger partial charge in [0.25, 0.3) is 5.91 Å². The smallest absolute Gasteiger partial charge is 0.251 e. The van der Waals surface area contributed by atoms with E-state index in [2.05, 4.69) is 19.2 Å². The van der Waals surface area contributed by atoms with E-state index >= 15 is 0 Å². The highest BCUT2D eigenvalue weighted by Gasteiger charge is 2.28. The summed E-state index contributed by atoms with van der Waals surface area (Å²) in [5.41, 5.74) is 0.536. The summed E-state index contributed by atoms with van der Waals surface area (Å²) in [6.45, 7) is 5.71. The maximum atomic E-state index is 12.6. The van der Waals surface area contributed by atoms with E-state index in [9.17, 15) is 9.59 Å². The average molecular weight is 318 g/mol. The van der Waals surface area contributed by atoms with Crippen molar-refractivity contribution in [1.82, 2.24) is 10.2 Å². The van der Waals surface area contributed by atoms with Crippen molar-refractivity contribution in [3.8, 4) is 5.75 Å². The first-order chi connectivity index (χ1) is 11.0. The Morgan fingerprint density at radius 2 is 1.78 bits per heavy atom. The van der Waals surface area contributed by atoms with Crippen LogP contribution in [0, 0.1) is 5.92 Å². The van der Waals surface area contributed by atoms with Crippen molar-refractivity contribution >= 4 is 11.8 Å². The van der Waals surface area contributed by atoms with Gasteiger partial charge in [-0.1, -0.05) is 13.8 Å². The highest BCUT2D eigenvalue weighted by atomic mass is 16.5. The topological polar surface area (TPSA) is 58.6 Å². The minimum atomic E-state index is -0.456. The number of carbonyl (C=O) groups is 2. The van der Waals surface area contributed by atoms with Gasteiger partial charge in [-0.3, -0.25) is 9.59 Å². The molecule has 1 saturated heterocycles. The lowest BCUT2D eigenvalue weighted by atomic mass is 10.0. The minimum Gasteiger partial charge on any atom is -0.497 e. The number of hydrogen-bond acceptors (Lipinski definition) is 3. The zero-order valence-electron chi connectivity index (χ0n) is 14.2. The van der Waals surface area contributed by atoms with Crippen LogP contribution >= 0.6 is 0 Å². The van der Waals surface area contributed by atoms with Gasteiger partial charge in [0.1, 0.15) is 11.8 Å². The maximum Gasteiger partial charge on any atom is 0.251 e.